The molecule has 0 N–H and O–H groups in total. The Balaban J connectivity index is 1.73. The van der Waals surface area contributed by atoms with Gasteiger partial charge in [0.1, 0.15) is 33.8 Å². The van der Waals surface area contributed by atoms with Gasteiger partial charge in [0.2, 0.25) is 0 Å². The van der Waals surface area contributed by atoms with Crippen LogP contribution in [0.3, 0.4) is 0 Å². The Morgan fingerprint density at radius 1 is 0.625 bits per heavy atom. The summed E-state index contributed by atoms with van der Waals surface area (Å²) in [7, 11) is 3.08. The van der Waals surface area contributed by atoms with Crippen molar-refractivity contribution in [2.24, 2.45) is 0 Å². The molecule has 0 saturated carbocycles. The minimum Gasteiger partial charge on any atom is -0.495 e. The second-order valence-corrected chi connectivity index (χ2v) is 7.20. The predicted octanol–water partition coefficient (Wildman–Crippen LogP) is 5.08. The molecular formula is C24H14O8. The van der Waals surface area contributed by atoms with E-state index in [-0.39, 0.29) is 0 Å². The first kappa shape index (κ1) is 18.3. The van der Waals surface area contributed by atoms with Gasteiger partial charge in [0, 0.05) is 35.4 Å². The number of ether oxygens (including phenoxy) is 2. The summed E-state index contributed by atoms with van der Waals surface area (Å²) in [6.45, 7) is 0. The minimum absolute atomic E-state index is 0.360. The first-order valence-electron chi connectivity index (χ1n) is 9.63. The van der Waals surface area contributed by atoms with E-state index < -0.39 is 11.3 Å². The van der Waals surface area contributed by atoms with E-state index in [4.69, 9.17) is 27.1 Å². The SMILES string of the molecule is COc1c2ccc(=O)oc2cc2occ(-c3coc4cc5oc(=O)ccc5c(OC)c34)c12. The summed E-state index contributed by atoms with van der Waals surface area (Å²) in [5.74, 6) is 1.01. The summed E-state index contributed by atoms with van der Waals surface area (Å²) >= 11 is 0. The van der Waals surface area contributed by atoms with Crippen molar-refractivity contribution < 1.29 is 27.1 Å². The van der Waals surface area contributed by atoms with Gasteiger partial charge in [-0.05, 0) is 12.1 Å². The fourth-order valence-electron chi connectivity index (χ4n) is 4.21. The van der Waals surface area contributed by atoms with Crippen LogP contribution in [0.5, 0.6) is 11.5 Å². The maximum Gasteiger partial charge on any atom is 0.336 e. The molecule has 32 heavy (non-hydrogen) atoms. The maximum atomic E-state index is 11.7. The van der Waals surface area contributed by atoms with E-state index in [0.29, 0.717) is 66.5 Å². The molecule has 0 bridgehead atoms. The molecule has 0 spiro atoms. The molecule has 0 atom stereocenters. The largest absolute Gasteiger partial charge is 0.495 e. The molecule has 8 heteroatoms. The standard InChI is InChI=1S/C24H14O8/c1-27-23-11-3-5-19(25)31-15(11)7-17-21(23)13(9-29-17)14-10-30-18-8-16-12(4-6-20(26)32-16)24(28-2)22(14)18/h3-10H,1-2H3. The van der Waals surface area contributed by atoms with Crippen LogP contribution in [-0.4, -0.2) is 14.2 Å². The highest BCUT2D eigenvalue weighted by atomic mass is 16.5. The first-order valence-corrected chi connectivity index (χ1v) is 9.63. The van der Waals surface area contributed by atoms with E-state index in [1.807, 2.05) is 0 Å². The summed E-state index contributed by atoms with van der Waals surface area (Å²) in [5.41, 5.74) is 2.18. The van der Waals surface area contributed by atoms with Crippen molar-refractivity contribution in [3.63, 3.8) is 0 Å². The van der Waals surface area contributed by atoms with E-state index >= 15 is 0 Å². The topological polar surface area (TPSA) is 105 Å². The molecule has 0 radical (unpaired) electrons. The predicted molar refractivity (Wildman–Crippen MR) is 117 cm³/mol. The number of rotatable bonds is 3. The molecule has 0 aliphatic rings. The lowest BCUT2D eigenvalue weighted by molar-refractivity contribution is 0.423. The van der Waals surface area contributed by atoms with Gasteiger partial charge in [-0.15, -0.1) is 0 Å². The van der Waals surface area contributed by atoms with Crippen LogP contribution >= 0.6 is 0 Å². The molecule has 0 amide bonds. The molecule has 158 valence electrons. The van der Waals surface area contributed by atoms with Gasteiger partial charge in [0.25, 0.3) is 0 Å². The van der Waals surface area contributed by atoms with Crippen LogP contribution in [0, 0.1) is 0 Å². The summed E-state index contributed by atoms with van der Waals surface area (Å²) in [4.78, 5) is 23.3. The molecule has 0 unspecified atom stereocenters. The van der Waals surface area contributed by atoms with Crippen molar-refractivity contribution in [1.29, 1.82) is 0 Å². The number of hydrogen-bond donors (Lipinski definition) is 0. The van der Waals surface area contributed by atoms with Crippen LogP contribution in [-0.2, 0) is 0 Å². The quantitative estimate of drug-likeness (QED) is 0.358. The molecule has 0 fully saturated rings. The van der Waals surface area contributed by atoms with Crippen LogP contribution in [0.4, 0.5) is 0 Å². The van der Waals surface area contributed by atoms with Crippen LogP contribution in [0.15, 0.2) is 76.2 Å². The highest BCUT2D eigenvalue weighted by Crippen LogP contribution is 2.47. The molecule has 0 saturated heterocycles. The average Bonchev–Trinajstić information content (AvgIpc) is 3.39. The highest BCUT2D eigenvalue weighted by molar-refractivity contribution is 6.14. The summed E-state index contributed by atoms with van der Waals surface area (Å²) < 4.78 is 33.6. The zero-order chi connectivity index (χ0) is 22.0. The third-order valence-corrected chi connectivity index (χ3v) is 5.53. The minimum atomic E-state index is -0.463. The van der Waals surface area contributed by atoms with Gasteiger partial charge < -0.3 is 27.1 Å². The van der Waals surface area contributed by atoms with E-state index in [1.165, 1.54) is 12.1 Å². The van der Waals surface area contributed by atoms with Gasteiger partial charge in [0.15, 0.2) is 0 Å². The van der Waals surface area contributed by atoms with Crippen LogP contribution in [0.2, 0.25) is 0 Å². The highest BCUT2D eigenvalue weighted by Gasteiger charge is 2.23. The lowest BCUT2D eigenvalue weighted by atomic mass is 10.00. The Labute approximate surface area is 178 Å². The molecule has 8 nitrogen and oxygen atoms in total. The number of hydrogen-bond acceptors (Lipinski definition) is 8. The summed E-state index contributed by atoms with van der Waals surface area (Å²) in [6, 6.07) is 9.29. The Morgan fingerprint density at radius 2 is 1.06 bits per heavy atom. The van der Waals surface area contributed by atoms with Crippen molar-refractivity contribution in [2.75, 3.05) is 14.2 Å². The van der Waals surface area contributed by atoms with E-state index in [9.17, 15) is 9.59 Å². The van der Waals surface area contributed by atoms with Gasteiger partial charge in [-0.2, -0.15) is 0 Å². The van der Waals surface area contributed by atoms with E-state index in [2.05, 4.69) is 0 Å². The summed E-state index contributed by atoms with van der Waals surface area (Å²) in [6.07, 6.45) is 3.17. The zero-order valence-electron chi connectivity index (χ0n) is 16.9. The Bertz CT molecular complexity index is 1660. The van der Waals surface area contributed by atoms with Gasteiger partial charge in [0.05, 0.1) is 48.3 Å². The first-order chi connectivity index (χ1) is 15.6. The second-order valence-electron chi connectivity index (χ2n) is 7.20. The van der Waals surface area contributed by atoms with Crippen LogP contribution in [0.1, 0.15) is 0 Å². The van der Waals surface area contributed by atoms with Crippen LogP contribution < -0.4 is 20.7 Å². The van der Waals surface area contributed by atoms with Crippen molar-refractivity contribution in [2.45, 2.75) is 0 Å². The third kappa shape index (κ3) is 2.43. The lowest BCUT2D eigenvalue weighted by Crippen LogP contribution is -1.96. The van der Waals surface area contributed by atoms with Gasteiger partial charge in [-0.3, -0.25) is 0 Å². The number of methoxy groups -OCH3 is 2. The normalized spacial score (nSPS) is 11.7. The third-order valence-electron chi connectivity index (χ3n) is 5.53. The van der Waals surface area contributed by atoms with Gasteiger partial charge >= 0.3 is 11.3 Å². The number of furan rings is 2. The number of fused-ring (bicyclic) bond motifs is 4. The Hall–Kier alpha value is -4.46. The van der Waals surface area contributed by atoms with Crippen molar-refractivity contribution in [1.82, 2.24) is 0 Å². The molecule has 4 aromatic heterocycles. The van der Waals surface area contributed by atoms with Gasteiger partial charge in [-0.25, -0.2) is 9.59 Å². The molecule has 4 heterocycles. The zero-order valence-corrected chi connectivity index (χ0v) is 16.9. The monoisotopic (exact) mass is 430 g/mol. The lowest BCUT2D eigenvalue weighted by Gasteiger charge is -2.09. The molecule has 2 aromatic carbocycles. The fraction of sp³-hybridized carbons (Fsp3) is 0.0833. The average molecular weight is 430 g/mol. The van der Waals surface area contributed by atoms with E-state index in [0.717, 1.165) is 0 Å². The van der Waals surface area contributed by atoms with Gasteiger partial charge in [-0.1, -0.05) is 0 Å². The molecule has 0 aliphatic carbocycles. The maximum absolute atomic E-state index is 11.7. The summed E-state index contributed by atoms with van der Waals surface area (Å²) in [5, 5.41) is 2.65. The fourth-order valence-corrected chi connectivity index (χ4v) is 4.21. The van der Waals surface area contributed by atoms with Crippen molar-refractivity contribution in [3.8, 4) is 22.6 Å². The van der Waals surface area contributed by atoms with Crippen molar-refractivity contribution in [3.05, 3.63) is 69.8 Å². The van der Waals surface area contributed by atoms with Crippen LogP contribution in [0.25, 0.3) is 55.0 Å². The molecular weight excluding hydrogens is 416 g/mol. The smallest absolute Gasteiger partial charge is 0.336 e. The second kappa shape index (κ2) is 6.52. The Morgan fingerprint density at radius 3 is 1.47 bits per heavy atom. The number of benzene rings is 2. The molecule has 0 aliphatic heterocycles. The van der Waals surface area contributed by atoms with Crippen molar-refractivity contribution >= 4 is 43.9 Å². The molecule has 6 aromatic rings. The Kier molecular flexibility index (Phi) is 3.73. The van der Waals surface area contributed by atoms with E-state index in [1.54, 1.807) is 51.0 Å². The molecule has 6 rings (SSSR count).